The first-order valence-corrected chi connectivity index (χ1v) is 7.14. The highest BCUT2D eigenvalue weighted by atomic mass is 16.4. The number of oxime groups is 1. The summed E-state index contributed by atoms with van der Waals surface area (Å²) in [6.45, 7) is 0. The van der Waals surface area contributed by atoms with E-state index in [0.29, 0.717) is 5.92 Å². The number of hydrogen-bond donors (Lipinski definition) is 1. The molecule has 0 bridgehead atoms. The Hall–Kier alpha value is -1.31. The van der Waals surface area contributed by atoms with E-state index in [9.17, 15) is 5.21 Å². The largest absolute Gasteiger partial charge is 0.411 e. The topological polar surface area (TPSA) is 32.6 Å². The van der Waals surface area contributed by atoms with Gasteiger partial charge in [-0.3, -0.25) is 0 Å². The molecule has 0 spiro atoms. The lowest BCUT2D eigenvalue weighted by molar-refractivity contribution is 0.203. The Bertz CT molecular complexity index is 426. The van der Waals surface area contributed by atoms with E-state index in [1.165, 1.54) is 37.7 Å². The molecule has 0 aliphatic heterocycles. The van der Waals surface area contributed by atoms with Crippen LogP contribution in [0.1, 0.15) is 50.0 Å². The van der Waals surface area contributed by atoms with E-state index in [1.807, 2.05) is 6.07 Å². The molecule has 2 fully saturated rings. The fraction of sp³-hybridized carbons (Fsp3) is 0.562. The summed E-state index contributed by atoms with van der Waals surface area (Å²) in [5.74, 6) is 1.95. The van der Waals surface area contributed by atoms with Crippen molar-refractivity contribution in [1.82, 2.24) is 0 Å². The van der Waals surface area contributed by atoms with E-state index >= 15 is 0 Å². The minimum atomic E-state index is 0.343. The maximum Gasteiger partial charge on any atom is 0.0648 e. The molecule has 2 saturated carbocycles. The second kappa shape index (κ2) is 5.13. The summed E-state index contributed by atoms with van der Waals surface area (Å²) in [6, 6.07) is 10.5. The molecule has 1 N–H and O–H groups in total. The van der Waals surface area contributed by atoms with Crippen molar-refractivity contribution in [3.05, 3.63) is 35.9 Å². The molecular formula is C16H21NO. The number of rotatable bonds is 1. The molecule has 2 aliphatic carbocycles. The van der Waals surface area contributed by atoms with Crippen LogP contribution in [0, 0.1) is 11.8 Å². The standard InChI is InChI=1S/C16H21NO/c18-17-16-11-14-9-5-4-8-13(14)10-15(16)12-6-2-1-3-7-12/h1-3,6-7,13-15,18H,4-5,8-11H2/b17-16+/t13-,14+,15+/m1/s1. The van der Waals surface area contributed by atoms with Gasteiger partial charge in [0.2, 0.25) is 0 Å². The molecule has 0 radical (unpaired) electrons. The molecule has 0 aromatic heterocycles. The normalized spacial score (nSPS) is 34.2. The van der Waals surface area contributed by atoms with Crippen molar-refractivity contribution in [1.29, 1.82) is 0 Å². The molecular weight excluding hydrogens is 222 g/mol. The Kier molecular flexibility index (Phi) is 3.35. The van der Waals surface area contributed by atoms with Gasteiger partial charge < -0.3 is 5.21 Å². The first-order valence-electron chi connectivity index (χ1n) is 7.14. The summed E-state index contributed by atoms with van der Waals surface area (Å²) >= 11 is 0. The third-order valence-electron chi connectivity index (χ3n) is 4.81. The van der Waals surface area contributed by atoms with Crippen LogP contribution < -0.4 is 0 Å². The Balaban J connectivity index is 1.85. The van der Waals surface area contributed by atoms with Gasteiger partial charge in [-0.15, -0.1) is 0 Å². The van der Waals surface area contributed by atoms with Crippen molar-refractivity contribution in [2.24, 2.45) is 17.0 Å². The van der Waals surface area contributed by atoms with E-state index in [1.54, 1.807) is 0 Å². The fourth-order valence-corrected chi connectivity index (χ4v) is 3.84. The van der Waals surface area contributed by atoms with Crippen LogP contribution in [0.15, 0.2) is 35.5 Å². The summed E-state index contributed by atoms with van der Waals surface area (Å²) in [7, 11) is 0. The van der Waals surface area contributed by atoms with Gasteiger partial charge in [0.25, 0.3) is 0 Å². The lowest BCUT2D eigenvalue weighted by Crippen LogP contribution is -2.33. The van der Waals surface area contributed by atoms with Crippen LogP contribution in [0.2, 0.25) is 0 Å². The number of nitrogens with zero attached hydrogens (tertiary/aromatic N) is 1. The SMILES string of the molecule is O/N=C1\C[C@@H]2CCCC[C@@H]2C[C@H]1c1ccccc1. The van der Waals surface area contributed by atoms with E-state index in [-0.39, 0.29) is 0 Å². The molecule has 2 aliphatic rings. The molecule has 1 aromatic rings. The fourth-order valence-electron chi connectivity index (χ4n) is 3.84. The monoisotopic (exact) mass is 243 g/mol. The van der Waals surface area contributed by atoms with Crippen molar-refractivity contribution in [2.75, 3.05) is 0 Å². The summed E-state index contributed by atoms with van der Waals surface area (Å²) in [5, 5.41) is 12.9. The quantitative estimate of drug-likeness (QED) is 0.582. The van der Waals surface area contributed by atoms with Gasteiger partial charge >= 0.3 is 0 Å². The Morgan fingerprint density at radius 2 is 1.72 bits per heavy atom. The minimum absolute atomic E-state index is 0.343. The second-order valence-electron chi connectivity index (χ2n) is 5.80. The molecule has 0 unspecified atom stereocenters. The molecule has 96 valence electrons. The van der Waals surface area contributed by atoms with Crippen molar-refractivity contribution < 1.29 is 5.21 Å². The number of fused-ring (bicyclic) bond motifs is 1. The Morgan fingerprint density at radius 3 is 2.44 bits per heavy atom. The smallest absolute Gasteiger partial charge is 0.0648 e. The average Bonchev–Trinajstić information content (AvgIpc) is 2.46. The lowest BCUT2D eigenvalue weighted by Gasteiger charge is -2.39. The molecule has 0 amide bonds. The van der Waals surface area contributed by atoms with Gasteiger partial charge in [-0.25, -0.2) is 0 Å². The van der Waals surface area contributed by atoms with E-state index in [2.05, 4.69) is 29.4 Å². The van der Waals surface area contributed by atoms with Crippen LogP contribution in [-0.2, 0) is 0 Å². The van der Waals surface area contributed by atoms with Gasteiger partial charge in [0.05, 0.1) is 5.71 Å². The van der Waals surface area contributed by atoms with Gasteiger partial charge in [-0.1, -0.05) is 54.8 Å². The molecule has 2 heteroatoms. The predicted octanol–water partition coefficient (Wildman–Crippen LogP) is 4.20. The van der Waals surface area contributed by atoms with E-state index in [0.717, 1.165) is 24.0 Å². The highest BCUT2D eigenvalue weighted by Crippen LogP contribution is 2.44. The third kappa shape index (κ3) is 2.16. The third-order valence-corrected chi connectivity index (χ3v) is 4.81. The molecule has 3 rings (SSSR count). The van der Waals surface area contributed by atoms with E-state index in [4.69, 9.17) is 0 Å². The lowest BCUT2D eigenvalue weighted by atomic mass is 9.65. The van der Waals surface area contributed by atoms with Crippen LogP contribution in [0.5, 0.6) is 0 Å². The maximum absolute atomic E-state index is 9.30. The first-order chi connectivity index (χ1) is 8.88. The molecule has 18 heavy (non-hydrogen) atoms. The molecule has 0 saturated heterocycles. The van der Waals surface area contributed by atoms with Crippen LogP contribution in [0.4, 0.5) is 0 Å². The first kappa shape index (κ1) is 11.8. The summed E-state index contributed by atoms with van der Waals surface area (Å²) in [4.78, 5) is 0. The van der Waals surface area contributed by atoms with Gasteiger partial charge in [0.15, 0.2) is 0 Å². The minimum Gasteiger partial charge on any atom is -0.411 e. The number of hydrogen-bond acceptors (Lipinski definition) is 2. The van der Waals surface area contributed by atoms with E-state index < -0.39 is 0 Å². The van der Waals surface area contributed by atoms with Crippen molar-refractivity contribution in [3.63, 3.8) is 0 Å². The average molecular weight is 243 g/mol. The van der Waals surface area contributed by atoms with Gasteiger partial charge in [0, 0.05) is 5.92 Å². The molecule has 2 nitrogen and oxygen atoms in total. The van der Waals surface area contributed by atoms with Crippen LogP contribution >= 0.6 is 0 Å². The van der Waals surface area contributed by atoms with Gasteiger partial charge in [-0.05, 0) is 36.7 Å². The zero-order valence-electron chi connectivity index (χ0n) is 10.8. The zero-order valence-corrected chi connectivity index (χ0v) is 10.8. The van der Waals surface area contributed by atoms with Crippen LogP contribution in [-0.4, -0.2) is 10.9 Å². The van der Waals surface area contributed by atoms with Crippen LogP contribution in [0.3, 0.4) is 0 Å². The highest BCUT2D eigenvalue weighted by molar-refractivity contribution is 5.91. The Morgan fingerprint density at radius 1 is 1.00 bits per heavy atom. The van der Waals surface area contributed by atoms with Gasteiger partial charge in [-0.2, -0.15) is 0 Å². The van der Waals surface area contributed by atoms with Crippen molar-refractivity contribution in [3.8, 4) is 0 Å². The number of benzene rings is 1. The van der Waals surface area contributed by atoms with Gasteiger partial charge in [0.1, 0.15) is 0 Å². The highest BCUT2D eigenvalue weighted by Gasteiger charge is 2.36. The van der Waals surface area contributed by atoms with Crippen molar-refractivity contribution >= 4 is 5.71 Å². The summed E-state index contributed by atoms with van der Waals surface area (Å²) in [5.41, 5.74) is 2.32. The maximum atomic E-state index is 9.30. The van der Waals surface area contributed by atoms with Crippen LogP contribution in [0.25, 0.3) is 0 Å². The molecule has 1 aromatic carbocycles. The predicted molar refractivity (Wildman–Crippen MR) is 73.1 cm³/mol. The zero-order chi connectivity index (χ0) is 12.4. The second-order valence-corrected chi connectivity index (χ2v) is 5.80. The summed E-state index contributed by atoms with van der Waals surface area (Å²) < 4.78 is 0. The molecule has 3 atom stereocenters. The Labute approximate surface area is 109 Å². The summed E-state index contributed by atoms with van der Waals surface area (Å²) in [6.07, 6.45) is 7.61. The molecule has 0 heterocycles. The van der Waals surface area contributed by atoms with Crippen molar-refractivity contribution in [2.45, 2.75) is 44.4 Å².